The lowest BCUT2D eigenvalue weighted by Gasteiger charge is -2.15. The molecule has 0 fully saturated rings. The van der Waals surface area contributed by atoms with Gasteiger partial charge in [-0.3, -0.25) is 9.59 Å². The molecule has 2 aromatic carbocycles. The van der Waals surface area contributed by atoms with Crippen LogP contribution in [0.25, 0.3) is 5.69 Å². The first kappa shape index (κ1) is 29.8. The minimum Gasteiger partial charge on any atom is -0.326 e. The van der Waals surface area contributed by atoms with Crippen LogP contribution in [0.5, 0.6) is 0 Å². The van der Waals surface area contributed by atoms with Crippen LogP contribution in [0.4, 0.5) is 22.9 Å². The third-order valence-corrected chi connectivity index (χ3v) is 6.53. The summed E-state index contributed by atoms with van der Waals surface area (Å²) in [6.07, 6.45) is 0.685. The summed E-state index contributed by atoms with van der Waals surface area (Å²) < 4.78 is 1.39. The van der Waals surface area contributed by atoms with Crippen LogP contribution in [0.3, 0.4) is 0 Å². The highest BCUT2D eigenvalue weighted by Crippen LogP contribution is 2.40. The second-order valence-electron chi connectivity index (χ2n) is 10.3. The number of halogens is 2. The first-order chi connectivity index (χ1) is 18.3. The summed E-state index contributed by atoms with van der Waals surface area (Å²) in [5, 5.41) is 29.5. The molecule has 0 aliphatic heterocycles. The number of amides is 2. The van der Waals surface area contributed by atoms with Gasteiger partial charge >= 0.3 is 0 Å². The highest BCUT2D eigenvalue weighted by molar-refractivity contribution is 6.38. The second-order valence-corrected chi connectivity index (χ2v) is 11.1. The topological polar surface area (TPSA) is 125 Å². The lowest BCUT2D eigenvalue weighted by Crippen LogP contribution is -2.19. The Bertz CT molecular complexity index is 1470. The second kappa shape index (κ2) is 12.0. The summed E-state index contributed by atoms with van der Waals surface area (Å²) in [6.45, 7) is 12.8. The predicted octanol–water partition coefficient (Wildman–Crippen LogP) is 8.02. The molecule has 3 rings (SSSR count). The highest BCUT2D eigenvalue weighted by Gasteiger charge is 2.29. The molecule has 39 heavy (non-hydrogen) atoms. The van der Waals surface area contributed by atoms with E-state index in [-0.39, 0.29) is 44.8 Å². The normalized spacial score (nSPS) is 12.3. The molecule has 3 aromatic rings. The number of azo groups is 1. The molecule has 0 saturated carbocycles. The number of aryl methyl sites for hydroxylation is 1. The number of benzene rings is 2. The Labute approximate surface area is 238 Å². The van der Waals surface area contributed by atoms with E-state index < -0.39 is 5.41 Å². The number of aromatic nitrogens is 2. The van der Waals surface area contributed by atoms with E-state index in [1.807, 2.05) is 47.6 Å². The van der Waals surface area contributed by atoms with Crippen molar-refractivity contribution in [2.24, 2.45) is 16.1 Å². The molecule has 0 aliphatic carbocycles. The van der Waals surface area contributed by atoms with Gasteiger partial charge in [0.2, 0.25) is 11.8 Å². The fourth-order valence-corrected chi connectivity index (χ4v) is 4.35. The molecule has 204 valence electrons. The van der Waals surface area contributed by atoms with Crippen LogP contribution < -0.4 is 10.6 Å². The Kier molecular flexibility index (Phi) is 9.15. The van der Waals surface area contributed by atoms with Crippen LogP contribution in [-0.4, -0.2) is 21.6 Å². The number of nitriles is 1. The van der Waals surface area contributed by atoms with E-state index >= 15 is 0 Å². The molecule has 1 unspecified atom stereocenters. The van der Waals surface area contributed by atoms with E-state index in [4.69, 9.17) is 23.2 Å². The van der Waals surface area contributed by atoms with Crippen molar-refractivity contribution >= 4 is 57.9 Å². The molecular formula is C28H31Cl2N7O2. The lowest BCUT2D eigenvalue weighted by atomic mass is 9.90. The van der Waals surface area contributed by atoms with Gasteiger partial charge in [-0.15, -0.1) is 10.2 Å². The molecule has 0 bridgehead atoms. The summed E-state index contributed by atoms with van der Waals surface area (Å²) in [5.74, 6) is -0.469. The number of carbonyl (C=O) groups excluding carboxylic acids is 2. The quantitative estimate of drug-likeness (QED) is 0.280. The minimum atomic E-state index is -0.519. The number of anilines is 2. The fourth-order valence-electron chi connectivity index (χ4n) is 3.70. The van der Waals surface area contributed by atoms with Gasteiger partial charge in [0.1, 0.15) is 23.0 Å². The van der Waals surface area contributed by atoms with E-state index in [1.165, 1.54) is 11.6 Å². The number of carbonyl (C=O) groups is 2. The Morgan fingerprint density at radius 1 is 1.13 bits per heavy atom. The summed E-state index contributed by atoms with van der Waals surface area (Å²) >= 11 is 13.3. The molecule has 1 atom stereocenters. The van der Waals surface area contributed by atoms with Crippen LogP contribution in [0.2, 0.25) is 10.0 Å². The zero-order chi connectivity index (χ0) is 29.1. The van der Waals surface area contributed by atoms with Crippen LogP contribution in [0, 0.1) is 24.2 Å². The summed E-state index contributed by atoms with van der Waals surface area (Å²) in [5.41, 5.74) is 2.68. The third kappa shape index (κ3) is 6.83. The SMILES string of the molecule is CCC(C)C(=O)Nc1cc(Cl)c(-n2nc(C(C)(C)C)c(C#N)c2N=Nc2ccc(C)cc2NC(C)=O)c(Cl)c1. The van der Waals surface area contributed by atoms with Gasteiger partial charge in [0, 0.05) is 23.9 Å². The molecular weight excluding hydrogens is 537 g/mol. The van der Waals surface area contributed by atoms with Crippen molar-refractivity contribution in [1.29, 1.82) is 5.26 Å². The molecule has 1 heterocycles. The van der Waals surface area contributed by atoms with Crippen LogP contribution in [0.15, 0.2) is 40.6 Å². The van der Waals surface area contributed by atoms with Gasteiger partial charge in [0.15, 0.2) is 5.82 Å². The minimum absolute atomic E-state index is 0.122. The van der Waals surface area contributed by atoms with Gasteiger partial charge in [-0.1, -0.05) is 63.9 Å². The Hall–Kier alpha value is -3.74. The maximum absolute atomic E-state index is 12.4. The summed E-state index contributed by atoms with van der Waals surface area (Å²) in [4.78, 5) is 24.1. The van der Waals surface area contributed by atoms with Gasteiger partial charge in [-0.05, 0) is 43.2 Å². The maximum Gasteiger partial charge on any atom is 0.227 e. The molecule has 1 aromatic heterocycles. The van der Waals surface area contributed by atoms with Crippen molar-refractivity contribution in [3.63, 3.8) is 0 Å². The molecule has 2 N–H and O–H groups in total. The lowest BCUT2D eigenvalue weighted by molar-refractivity contribution is -0.119. The Balaban J connectivity index is 2.20. The summed E-state index contributed by atoms with van der Waals surface area (Å²) in [7, 11) is 0. The van der Waals surface area contributed by atoms with Gasteiger partial charge in [0.05, 0.1) is 21.4 Å². The van der Waals surface area contributed by atoms with Crippen LogP contribution in [-0.2, 0) is 15.0 Å². The average Bonchev–Trinajstić information content (AvgIpc) is 3.20. The highest BCUT2D eigenvalue weighted by atomic mass is 35.5. The number of nitrogens with one attached hydrogen (secondary N) is 2. The molecule has 11 heteroatoms. The summed E-state index contributed by atoms with van der Waals surface area (Å²) in [6, 6.07) is 10.7. The van der Waals surface area contributed by atoms with E-state index in [1.54, 1.807) is 24.3 Å². The first-order valence-corrected chi connectivity index (χ1v) is 13.2. The first-order valence-electron chi connectivity index (χ1n) is 12.4. The zero-order valence-corrected chi connectivity index (χ0v) is 24.5. The van der Waals surface area contributed by atoms with E-state index in [0.717, 1.165) is 5.56 Å². The molecule has 0 saturated heterocycles. The molecule has 2 amide bonds. The standard InChI is InChI=1S/C28H31Cl2N7O2/c1-8-16(3)27(39)33-18-12-20(29)24(21(30)13-18)37-26(19(14-31)25(36-37)28(5,6)7)35-34-22-10-9-15(2)11-23(22)32-17(4)38/h9-13,16H,8H2,1-7H3,(H,32,38)(H,33,39). The number of nitrogens with zero attached hydrogens (tertiary/aromatic N) is 5. The van der Waals surface area contributed by atoms with Crippen molar-refractivity contribution in [1.82, 2.24) is 9.78 Å². The van der Waals surface area contributed by atoms with E-state index in [2.05, 4.69) is 32.0 Å². The van der Waals surface area contributed by atoms with Crippen molar-refractivity contribution in [3.05, 3.63) is 57.2 Å². The smallest absolute Gasteiger partial charge is 0.227 e. The number of hydrogen-bond donors (Lipinski definition) is 2. The van der Waals surface area contributed by atoms with Crippen molar-refractivity contribution in [2.45, 2.75) is 60.3 Å². The predicted molar refractivity (Wildman–Crippen MR) is 155 cm³/mol. The Morgan fingerprint density at radius 3 is 2.31 bits per heavy atom. The molecule has 9 nitrogen and oxygen atoms in total. The number of rotatable bonds is 7. The van der Waals surface area contributed by atoms with Gasteiger partial charge in [-0.2, -0.15) is 10.4 Å². The van der Waals surface area contributed by atoms with Crippen molar-refractivity contribution < 1.29 is 9.59 Å². The largest absolute Gasteiger partial charge is 0.326 e. The Morgan fingerprint density at radius 2 is 1.77 bits per heavy atom. The van der Waals surface area contributed by atoms with Crippen LogP contribution in [0.1, 0.15) is 64.8 Å². The molecule has 0 spiro atoms. The van der Waals surface area contributed by atoms with E-state index in [0.29, 0.717) is 29.2 Å². The number of hydrogen-bond acceptors (Lipinski definition) is 6. The van der Waals surface area contributed by atoms with E-state index in [9.17, 15) is 14.9 Å². The van der Waals surface area contributed by atoms with Crippen molar-refractivity contribution in [2.75, 3.05) is 10.6 Å². The van der Waals surface area contributed by atoms with Gasteiger partial charge in [0.25, 0.3) is 0 Å². The van der Waals surface area contributed by atoms with Crippen LogP contribution >= 0.6 is 23.2 Å². The van der Waals surface area contributed by atoms with Gasteiger partial charge in [-0.25, -0.2) is 4.68 Å². The molecule has 0 aliphatic rings. The maximum atomic E-state index is 12.4. The average molecular weight is 569 g/mol. The zero-order valence-electron chi connectivity index (χ0n) is 23.0. The monoisotopic (exact) mass is 567 g/mol. The van der Waals surface area contributed by atoms with Gasteiger partial charge < -0.3 is 10.6 Å². The third-order valence-electron chi connectivity index (χ3n) is 5.95. The fraction of sp³-hybridized carbons (Fsp3) is 0.357. The molecule has 0 radical (unpaired) electrons. The van der Waals surface area contributed by atoms with Crippen molar-refractivity contribution in [3.8, 4) is 11.8 Å².